The summed E-state index contributed by atoms with van der Waals surface area (Å²) >= 11 is 5.16. The van der Waals surface area contributed by atoms with E-state index in [0.29, 0.717) is 17.0 Å². The third kappa shape index (κ3) is 5.93. The highest BCUT2D eigenvalue weighted by Gasteiger charge is 2.09. The molecule has 140 valence electrons. The first-order chi connectivity index (χ1) is 12.9. The highest BCUT2D eigenvalue weighted by atomic mass is 32.1. The third-order valence-electron chi connectivity index (χ3n) is 3.56. The van der Waals surface area contributed by atoms with Crippen LogP contribution in [0.3, 0.4) is 0 Å². The number of nitrogens with zero attached hydrogens (tertiary/aromatic N) is 1. The molecule has 2 amide bonds. The molecule has 0 bridgehead atoms. The van der Waals surface area contributed by atoms with Gasteiger partial charge in [-0.1, -0.05) is 24.3 Å². The Morgan fingerprint density at radius 1 is 1.11 bits per heavy atom. The van der Waals surface area contributed by atoms with E-state index in [1.54, 1.807) is 51.5 Å². The largest absolute Gasteiger partial charge is 0.496 e. The Labute approximate surface area is 163 Å². The minimum atomic E-state index is -0.376. The van der Waals surface area contributed by atoms with Gasteiger partial charge >= 0.3 is 0 Å². The lowest BCUT2D eigenvalue weighted by Crippen LogP contribution is -2.32. The fraction of sp³-hybridized carbons (Fsp3) is 0.150. The van der Waals surface area contributed by atoms with Crippen molar-refractivity contribution in [1.29, 1.82) is 0 Å². The van der Waals surface area contributed by atoms with E-state index in [1.807, 2.05) is 24.3 Å². The van der Waals surface area contributed by atoms with Crippen LogP contribution in [0.1, 0.15) is 15.9 Å². The summed E-state index contributed by atoms with van der Waals surface area (Å²) in [6, 6.07) is 14.2. The molecule has 0 aromatic heterocycles. The maximum Gasteiger partial charge on any atom is 0.253 e. The second-order valence-electron chi connectivity index (χ2n) is 5.80. The van der Waals surface area contributed by atoms with E-state index in [1.165, 1.54) is 11.0 Å². The molecule has 0 aliphatic carbocycles. The van der Waals surface area contributed by atoms with E-state index in [4.69, 9.17) is 17.0 Å². The molecule has 27 heavy (non-hydrogen) atoms. The maximum absolute atomic E-state index is 12.1. The normalized spacial score (nSPS) is 10.3. The number of hydrogen-bond donors (Lipinski definition) is 2. The fourth-order valence-electron chi connectivity index (χ4n) is 2.27. The number of para-hydroxylation sites is 1. The van der Waals surface area contributed by atoms with Crippen LogP contribution in [-0.2, 0) is 4.79 Å². The summed E-state index contributed by atoms with van der Waals surface area (Å²) in [6.07, 6.45) is 3.02. The molecular formula is C20H21N3O3S. The zero-order valence-corrected chi connectivity index (χ0v) is 16.2. The van der Waals surface area contributed by atoms with Crippen LogP contribution in [0.25, 0.3) is 6.08 Å². The van der Waals surface area contributed by atoms with E-state index in [9.17, 15) is 9.59 Å². The van der Waals surface area contributed by atoms with Gasteiger partial charge in [0.05, 0.1) is 7.11 Å². The highest BCUT2D eigenvalue weighted by molar-refractivity contribution is 7.80. The van der Waals surface area contributed by atoms with Crippen LogP contribution >= 0.6 is 12.2 Å². The first-order valence-electron chi connectivity index (χ1n) is 8.15. The first kappa shape index (κ1) is 20.1. The van der Waals surface area contributed by atoms with Crippen LogP contribution < -0.4 is 15.4 Å². The van der Waals surface area contributed by atoms with Gasteiger partial charge in [-0.15, -0.1) is 0 Å². The zero-order valence-electron chi connectivity index (χ0n) is 15.4. The minimum Gasteiger partial charge on any atom is -0.496 e. The van der Waals surface area contributed by atoms with Crippen LogP contribution in [-0.4, -0.2) is 43.0 Å². The summed E-state index contributed by atoms with van der Waals surface area (Å²) < 4.78 is 5.23. The number of ether oxygens (including phenoxy) is 1. The van der Waals surface area contributed by atoms with Crippen molar-refractivity contribution in [1.82, 2.24) is 10.2 Å². The number of methoxy groups -OCH3 is 1. The quantitative estimate of drug-likeness (QED) is 0.614. The average Bonchev–Trinajstić information content (AvgIpc) is 2.65. The molecule has 0 aliphatic heterocycles. The predicted octanol–water partition coefficient (Wildman–Crippen LogP) is 2.92. The topological polar surface area (TPSA) is 70.7 Å². The summed E-state index contributed by atoms with van der Waals surface area (Å²) in [5.41, 5.74) is 1.92. The number of hydrogen-bond acceptors (Lipinski definition) is 4. The molecule has 0 saturated carbocycles. The van der Waals surface area contributed by atoms with Gasteiger partial charge in [0.1, 0.15) is 5.75 Å². The van der Waals surface area contributed by atoms with E-state index >= 15 is 0 Å². The number of anilines is 1. The van der Waals surface area contributed by atoms with Crippen LogP contribution in [0.5, 0.6) is 5.75 Å². The molecule has 0 aliphatic rings. The Morgan fingerprint density at radius 3 is 2.56 bits per heavy atom. The average molecular weight is 383 g/mol. The lowest BCUT2D eigenvalue weighted by atomic mass is 10.2. The van der Waals surface area contributed by atoms with Crippen molar-refractivity contribution >= 4 is 40.9 Å². The Morgan fingerprint density at radius 2 is 1.85 bits per heavy atom. The molecular weight excluding hydrogens is 362 g/mol. The smallest absolute Gasteiger partial charge is 0.253 e. The second kappa shape index (κ2) is 9.49. The minimum absolute atomic E-state index is 0.117. The Kier molecular flexibility index (Phi) is 7.08. The Balaban J connectivity index is 1.97. The molecule has 0 radical (unpaired) electrons. The number of nitrogens with one attached hydrogen (secondary N) is 2. The fourth-order valence-corrected chi connectivity index (χ4v) is 2.49. The van der Waals surface area contributed by atoms with E-state index in [2.05, 4.69) is 10.6 Å². The highest BCUT2D eigenvalue weighted by Crippen LogP contribution is 2.18. The third-order valence-corrected chi connectivity index (χ3v) is 3.77. The number of benzene rings is 2. The molecule has 0 atom stereocenters. The molecule has 7 heteroatoms. The molecule has 2 aromatic rings. The lowest BCUT2D eigenvalue weighted by Gasteiger charge is -2.12. The number of amides is 2. The van der Waals surface area contributed by atoms with Crippen LogP contribution in [0.4, 0.5) is 5.69 Å². The van der Waals surface area contributed by atoms with Crippen LogP contribution in [0.15, 0.2) is 54.6 Å². The summed E-state index contributed by atoms with van der Waals surface area (Å²) in [6.45, 7) is 0. The summed E-state index contributed by atoms with van der Waals surface area (Å²) in [7, 11) is 4.93. The van der Waals surface area contributed by atoms with Crippen molar-refractivity contribution in [3.63, 3.8) is 0 Å². The van der Waals surface area contributed by atoms with E-state index in [-0.39, 0.29) is 16.9 Å². The summed E-state index contributed by atoms with van der Waals surface area (Å²) in [4.78, 5) is 25.6. The monoisotopic (exact) mass is 383 g/mol. The first-order valence-corrected chi connectivity index (χ1v) is 8.56. The van der Waals surface area contributed by atoms with Gasteiger partial charge in [-0.3, -0.25) is 14.9 Å². The zero-order chi connectivity index (χ0) is 19.8. The molecule has 2 aromatic carbocycles. The van der Waals surface area contributed by atoms with Crippen molar-refractivity contribution in [2.45, 2.75) is 0 Å². The molecule has 2 rings (SSSR count). The molecule has 0 saturated heterocycles. The van der Waals surface area contributed by atoms with Gasteiger partial charge in [-0.05, 0) is 42.6 Å². The van der Waals surface area contributed by atoms with Crippen molar-refractivity contribution in [2.75, 3.05) is 26.5 Å². The Bertz CT molecular complexity index is 878. The van der Waals surface area contributed by atoms with E-state index < -0.39 is 0 Å². The summed E-state index contributed by atoms with van der Waals surface area (Å²) in [5.74, 6) is 0.178. The molecule has 2 N–H and O–H groups in total. The second-order valence-corrected chi connectivity index (χ2v) is 6.21. The summed E-state index contributed by atoms with van der Waals surface area (Å²) in [5, 5.41) is 5.60. The van der Waals surface area contributed by atoms with Crippen molar-refractivity contribution in [2.24, 2.45) is 0 Å². The number of carbonyl (C=O) groups excluding carboxylic acids is 2. The number of thiocarbonyl (C=S) groups is 1. The number of rotatable bonds is 5. The molecule has 0 fully saturated rings. The Hall–Kier alpha value is -3.19. The molecule has 0 heterocycles. The lowest BCUT2D eigenvalue weighted by molar-refractivity contribution is -0.115. The maximum atomic E-state index is 12.1. The van der Waals surface area contributed by atoms with Gasteiger partial charge in [0.25, 0.3) is 5.91 Å². The van der Waals surface area contributed by atoms with Crippen molar-refractivity contribution in [3.05, 3.63) is 65.7 Å². The van der Waals surface area contributed by atoms with Gasteiger partial charge in [-0.25, -0.2) is 0 Å². The molecule has 0 unspecified atom stereocenters. The van der Waals surface area contributed by atoms with Crippen molar-refractivity contribution < 1.29 is 14.3 Å². The van der Waals surface area contributed by atoms with Gasteiger partial charge in [0.15, 0.2) is 5.11 Å². The van der Waals surface area contributed by atoms with Crippen molar-refractivity contribution in [3.8, 4) is 5.75 Å². The standard InChI is InChI=1S/C20H21N3O3S/c1-23(2)19(25)15-8-6-9-16(13-15)21-20(27)22-18(24)12-11-14-7-4-5-10-17(14)26-3/h4-13H,1-3H3,(H2,21,22,24,27)/b12-11+. The van der Waals surface area contributed by atoms with Gasteiger partial charge in [0, 0.05) is 37.0 Å². The molecule has 0 spiro atoms. The predicted molar refractivity (Wildman–Crippen MR) is 111 cm³/mol. The van der Waals surface area contributed by atoms with E-state index in [0.717, 1.165) is 5.56 Å². The molecule has 6 nitrogen and oxygen atoms in total. The van der Waals surface area contributed by atoms with Gasteiger partial charge < -0.3 is 15.0 Å². The SMILES string of the molecule is COc1ccccc1/C=C/C(=O)NC(=S)Nc1cccc(C(=O)N(C)C)c1. The van der Waals surface area contributed by atoms with Gasteiger partial charge in [-0.2, -0.15) is 0 Å². The van der Waals surface area contributed by atoms with Crippen LogP contribution in [0.2, 0.25) is 0 Å². The van der Waals surface area contributed by atoms with Gasteiger partial charge in [0.2, 0.25) is 5.91 Å². The van der Waals surface area contributed by atoms with Crippen LogP contribution in [0, 0.1) is 0 Å². The number of carbonyl (C=O) groups is 2.